The van der Waals surface area contributed by atoms with Gasteiger partial charge in [0.05, 0.1) is 80.4 Å². The van der Waals surface area contributed by atoms with Crippen LogP contribution in [-0.2, 0) is 25.4 Å². The van der Waals surface area contributed by atoms with E-state index in [1.807, 2.05) is 17.0 Å². The van der Waals surface area contributed by atoms with Crippen molar-refractivity contribution in [1.82, 2.24) is 24.7 Å². The number of nitriles is 2. The molecule has 64 heavy (non-hydrogen) atoms. The molecule has 4 amide bonds. The highest BCUT2D eigenvalue weighted by Crippen LogP contribution is 2.47. The molecule has 2 atom stereocenters. The third kappa shape index (κ3) is 8.00. The summed E-state index contributed by atoms with van der Waals surface area (Å²) in [7, 11) is 1.75. The van der Waals surface area contributed by atoms with Crippen LogP contribution in [0.4, 0.5) is 58.7 Å². The molecule has 0 saturated carbocycles. The van der Waals surface area contributed by atoms with Crippen molar-refractivity contribution in [3.05, 3.63) is 154 Å². The van der Waals surface area contributed by atoms with Crippen molar-refractivity contribution in [2.45, 2.75) is 37.5 Å². The van der Waals surface area contributed by atoms with Gasteiger partial charge in [-0.05, 0) is 78.8 Å². The molecule has 6 aromatic rings. The van der Waals surface area contributed by atoms with E-state index in [1.165, 1.54) is 70.1 Å². The summed E-state index contributed by atoms with van der Waals surface area (Å²) in [6, 6.07) is 21.6. The van der Waals surface area contributed by atoms with E-state index >= 15 is 0 Å². The summed E-state index contributed by atoms with van der Waals surface area (Å²) in [6.45, 7) is 0.715. The van der Waals surface area contributed by atoms with E-state index in [0.717, 1.165) is 34.1 Å². The van der Waals surface area contributed by atoms with Crippen LogP contribution in [0.2, 0.25) is 0 Å². The number of aromatic nitrogens is 2. The summed E-state index contributed by atoms with van der Waals surface area (Å²) in [4.78, 5) is 31.4. The number of urea groups is 2. The molecule has 19 heteroatoms. The minimum absolute atomic E-state index is 0.0970. The molecule has 2 aromatic heterocycles. The molecular formula is C45H35F6N9O4. The first kappa shape index (κ1) is 42.8. The van der Waals surface area contributed by atoms with Gasteiger partial charge in [0.1, 0.15) is 0 Å². The Morgan fingerprint density at radius 2 is 1.00 bits per heavy atom. The highest BCUT2D eigenvalue weighted by molar-refractivity contribution is 6.04. The minimum atomic E-state index is -4.70. The number of carbonyl (C=O) groups is 2. The van der Waals surface area contributed by atoms with E-state index in [2.05, 4.69) is 10.6 Å². The fraction of sp³-hybridized carbons (Fsp3) is 0.200. The lowest BCUT2D eigenvalue weighted by molar-refractivity contribution is -0.138. The fourth-order valence-electron chi connectivity index (χ4n) is 7.91. The first-order valence-electron chi connectivity index (χ1n) is 19.5. The number of likely N-dealkylation sites (N-methyl/N-ethyl adjacent to an activating group) is 1. The van der Waals surface area contributed by atoms with Gasteiger partial charge in [-0.3, -0.25) is 9.80 Å². The van der Waals surface area contributed by atoms with Gasteiger partial charge in [0.25, 0.3) is 0 Å². The number of benzene rings is 4. The van der Waals surface area contributed by atoms with Gasteiger partial charge in [-0.25, -0.2) is 9.59 Å². The molecule has 2 aliphatic rings. The van der Waals surface area contributed by atoms with Gasteiger partial charge in [-0.1, -0.05) is 36.4 Å². The molecule has 8 rings (SSSR count). The van der Waals surface area contributed by atoms with Gasteiger partial charge in [0.15, 0.2) is 11.8 Å². The minimum Gasteiger partial charge on any atom is -0.494 e. The van der Waals surface area contributed by atoms with Crippen LogP contribution >= 0.6 is 0 Å². The molecule has 326 valence electrons. The molecule has 4 heterocycles. The third-order valence-electron chi connectivity index (χ3n) is 11.2. The molecule has 4 N–H and O–H groups in total. The predicted octanol–water partition coefficient (Wildman–Crippen LogP) is 9.02. The zero-order valence-corrected chi connectivity index (χ0v) is 33.5. The van der Waals surface area contributed by atoms with Crippen LogP contribution in [0, 0.1) is 22.7 Å². The van der Waals surface area contributed by atoms with E-state index in [-0.39, 0.29) is 71.8 Å². The zero-order chi connectivity index (χ0) is 45.7. The van der Waals surface area contributed by atoms with E-state index in [9.17, 15) is 56.7 Å². The van der Waals surface area contributed by atoms with Crippen molar-refractivity contribution in [1.29, 1.82) is 10.5 Å². The Balaban J connectivity index is 1.08. The first-order valence-corrected chi connectivity index (χ1v) is 19.5. The lowest BCUT2D eigenvalue weighted by Gasteiger charge is -2.33. The quantitative estimate of drug-likeness (QED) is 0.0997. The van der Waals surface area contributed by atoms with Gasteiger partial charge in [-0.2, -0.15) is 36.9 Å². The maximum Gasteiger partial charge on any atom is 0.416 e. The number of anilines is 4. The Hall–Kier alpha value is -7.90. The Morgan fingerprint density at radius 3 is 1.34 bits per heavy atom. The first-order chi connectivity index (χ1) is 30.5. The molecule has 0 spiro atoms. The zero-order valence-electron chi connectivity index (χ0n) is 33.5. The van der Waals surface area contributed by atoms with Crippen LogP contribution in [0.1, 0.15) is 56.6 Å². The average molecular weight is 880 g/mol. The lowest BCUT2D eigenvalue weighted by Crippen LogP contribution is -2.44. The summed E-state index contributed by atoms with van der Waals surface area (Å²) in [5.41, 5.74) is 0.211. The summed E-state index contributed by atoms with van der Waals surface area (Å²) < 4.78 is 85.5. The number of hydrogen-bond donors (Lipinski definition) is 4. The van der Waals surface area contributed by atoms with Crippen LogP contribution in [0.5, 0.6) is 11.8 Å². The fourth-order valence-corrected chi connectivity index (χ4v) is 7.91. The van der Waals surface area contributed by atoms with Crippen molar-refractivity contribution in [2.75, 3.05) is 29.9 Å². The topological polar surface area (TPSA) is 166 Å². The van der Waals surface area contributed by atoms with Gasteiger partial charge in [-0.15, -0.1) is 0 Å². The number of hydrogen-bond acceptors (Lipinski definition) is 7. The van der Waals surface area contributed by atoms with Crippen LogP contribution in [-0.4, -0.2) is 56.4 Å². The molecule has 0 bridgehead atoms. The lowest BCUT2D eigenvalue weighted by atomic mass is 9.96. The van der Waals surface area contributed by atoms with E-state index < -0.39 is 47.6 Å². The van der Waals surface area contributed by atoms with E-state index in [1.54, 1.807) is 31.3 Å². The number of nitrogens with one attached hydrogen (secondary N) is 2. The SMILES string of the molecule is CN(CCn1cc2c(c1O)[C@@H](c1ccc(C#N)cc1)NC(=O)N2c1cccc(C(F)(F)F)c1)CCn1cc2c(c1O)[C@@H](c1ccc(C#N)cc1)NC(=O)N2c1cccc(C(F)(F)F)c1. The Morgan fingerprint density at radius 1 is 0.625 bits per heavy atom. The molecule has 2 aliphatic heterocycles. The molecule has 13 nitrogen and oxygen atoms in total. The predicted molar refractivity (Wildman–Crippen MR) is 220 cm³/mol. The summed E-state index contributed by atoms with van der Waals surface area (Å²) in [5, 5.41) is 47.7. The van der Waals surface area contributed by atoms with Gasteiger partial charge in [0, 0.05) is 38.6 Å². The standard InChI is InChI=1S/C45H35F6N9O4/c1-56(16-18-57-24-34-36(40(57)61)38(28-12-8-26(22-52)9-13-28)54-42(63)59(34)32-6-2-4-30(20-32)44(46,47)48)17-19-58-25-35-37(41(58)62)39(29-14-10-27(23-53)11-15-29)55-43(64)60(35)33-7-3-5-31(21-33)45(49,50)51/h2-15,20-21,24-25,38-39,61-62H,16-19H2,1H3,(H,54,63)(H,55,64)/t38-,39-/m1/s1. The second-order valence-electron chi connectivity index (χ2n) is 15.2. The van der Waals surface area contributed by atoms with Crippen LogP contribution in [0.25, 0.3) is 0 Å². The summed E-state index contributed by atoms with van der Waals surface area (Å²) in [6.07, 6.45) is -6.46. The number of amides is 4. The monoisotopic (exact) mass is 879 g/mol. The number of aromatic hydroxyl groups is 2. The van der Waals surface area contributed by atoms with Gasteiger partial charge in [0.2, 0.25) is 0 Å². The number of fused-ring (bicyclic) bond motifs is 2. The molecule has 0 fully saturated rings. The van der Waals surface area contributed by atoms with Crippen molar-refractivity contribution >= 4 is 34.8 Å². The van der Waals surface area contributed by atoms with E-state index in [4.69, 9.17) is 0 Å². The Labute approximate surface area is 360 Å². The van der Waals surface area contributed by atoms with Crippen molar-refractivity contribution in [3.63, 3.8) is 0 Å². The van der Waals surface area contributed by atoms with Gasteiger partial charge < -0.3 is 34.9 Å². The van der Waals surface area contributed by atoms with Crippen LogP contribution in [0.3, 0.4) is 0 Å². The molecule has 4 aromatic carbocycles. The molecule has 0 unspecified atom stereocenters. The van der Waals surface area contributed by atoms with Crippen molar-refractivity contribution in [3.8, 4) is 23.9 Å². The largest absolute Gasteiger partial charge is 0.494 e. The third-order valence-corrected chi connectivity index (χ3v) is 11.2. The Bertz CT molecular complexity index is 2660. The maximum absolute atomic E-state index is 13.8. The maximum atomic E-state index is 13.8. The summed E-state index contributed by atoms with van der Waals surface area (Å²) >= 11 is 0. The highest BCUT2D eigenvalue weighted by Gasteiger charge is 2.41. The molecular weight excluding hydrogens is 845 g/mol. The second-order valence-corrected chi connectivity index (χ2v) is 15.2. The van der Waals surface area contributed by atoms with Gasteiger partial charge >= 0.3 is 24.4 Å². The van der Waals surface area contributed by atoms with E-state index in [0.29, 0.717) is 22.3 Å². The Kier molecular flexibility index (Phi) is 11.0. The van der Waals surface area contributed by atoms with Crippen LogP contribution in [0.15, 0.2) is 109 Å². The van der Waals surface area contributed by atoms with Crippen molar-refractivity contribution < 1.29 is 46.1 Å². The summed E-state index contributed by atoms with van der Waals surface area (Å²) in [5.74, 6) is -0.544. The van der Waals surface area contributed by atoms with Crippen molar-refractivity contribution in [2.24, 2.45) is 0 Å². The second kappa shape index (κ2) is 16.4. The molecule has 0 saturated heterocycles. The average Bonchev–Trinajstić information content (AvgIpc) is 3.78. The molecule has 0 radical (unpaired) electrons. The number of nitrogens with zero attached hydrogens (tertiary/aromatic N) is 7. The molecule has 0 aliphatic carbocycles. The number of alkyl halides is 6. The number of halogens is 6. The number of rotatable bonds is 10. The smallest absolute Gasteiger partial charge is 0.416 e. The van der Waals surface area contributed by atoms with Crippen LogP contribution < -0.4 is 20.4 Å². The number of carbonyl (C=O) groups excluding carboxylic acids is 2. The normalized spacial score (nSPS) is 16.2. The highest BCUT2D eigenvalue weighted by atomic mass is 19.4.